The third-order valence-corrected chi connectivity index (χ3v) is 5.30. The van der Waals surface area contributed by atoms with Crippen molar-refractivity contribution in [3.8, 4) is 0 Å². The molecule has 1 aromatic heterocycles. The Balaban J connectivity index is 2.53. The lowest BCUT2D eigenvalue weighted by molar-refractivity contribution is -0.140. The molecule has 0 bridgehead atoms. The highest BCUT2D eigenvalue weighted by Gasteiger charge is 2.13. The van der Waals surface area contributed by atoms with Gasteiger partial charge in [-0.15, -0.1) is 11.3 Å². The highest BCUT2D eigenvalue weighted by Crippen LogP contribution is 2.35. The van der Waals surface area contributed by atoms with Gasteiger partial charge in [0.15, 0.2) is 0 Å². The van der Waals surface area contributed by atoms with E-state index in [-0.39, 0.29) is 12.0 Å². The zero-order valence-electron chi connectivity index (χ0n) is 8.13. The van der Waals surface area contributed by atoms with Crippen LogP contribution in [0.3, 0.4) is 0 Å². The van der Waals surface area contributed by atoms with Gasteiger partial charge in [0.1, 0.15) is 0 Å². The van der Waals surface area contributed by atoms with Crippen LogP contribution in [0.25, 0.3) is 0 Å². The summed E-state index contributed by atoms with van der Waals surface area (Å²) in [5.41, 5.74) is 5.94. The molecular weight excluding hydrogens is 346 g/mol. The molecule has 0 aliphatic heterocycles. The zero-order valence-corrected chi connectivity index (χ0v) is 12.1. The standard InChI is InChI=1S/C9H11Br2NO2S/c1-14-8(13)3-2-6(12)7-4-5(10)9(11)15-7/h4,6H,2-3,12H2,1H3. The maximum Gasteiger partial charge on any atom is 0.305 e. The Kier molecular flexibility index (Phi) is 5.25. The summed E-state index contributed by atoms with van der Waals surface area (Å²) in [6, 6.07) is 1.85. The number of halogens is 2. The van der Waals surface area contributed by atoms with E-state index in [1.165, 1.54) is 7.11 Å². The summed E-state index contributed by atoms with van der Waals surface area (Å²) < 4.78 is 6.57. The van der Waals surface area contributed by atoms with Gasteiger partial charge in [0.2, 0.25) is 0 Å². The maximum absolute atomic E-state index is 10.9. The Hall–Kier alpha value is 0.0900. The van der Waals surface area contributed by atoms with Crippen LogP contribution in [0.4, 0.5) is 0 Å². The first kappa shape index (κ1) is 13.2. The largest absolute Gasteiger partial charge is 0.469 e. The smallest absolute Gasteiger partial charge is 0.305 e. The molecule has 0 radical (unpaired) electrons. The van der Waals surface area contributed by atoms with E-state index in [1.807, 2.05) is 6.07 Å². The third-order valence-electron chi connectivity index (χ3n) is 1.92. The van der Waals surface area contributed by atoms with Crippen molar-refractivity contribution in [2.24, 2.45) is 5.73 Å². The Morgan fingerprint density at radius 1 is 1.67 bits per heavy atom. The number of hydrogen-bond acceptors (Lipinski definition) is 4. The predicted octanol–water partition coefficient (Wildman–Crippen LogP) is 3.23. The van der Waals surface area contributed by atoms with Gasteiger partial charge in [-0.1, -0.05) is 0 Å². The minimum absolute atomic E-state index is 0.114. The molecule has 3 nitrogen and oxygen atoms in total. The van der Waals surface area contributed by atoms with Crippen molar-refractivity contribution in [1.29, 1.82) is 0 Å². The summed E-state index contributed by atoms with van der Waals surface area (Å²) in [6.45, 7) is 0. The fourth-order valence-corrected chi connectivity index (χ4v) is 3.19. The molecule has 1 unspecified atom stereocenters. The van der Waals surface area contributed by atoms with Gasteiger partial charge in [-0.2, -0.15) is 0 Å². The number of ether oxygens (including phenoxy) is 1. The summed E-state index contributed by atoms with van der Waals surface area (Å²) in [7, 11) is 1.38. The highest BCUT2D eigenvalue weighted by molar-refractivity contribution is 9.13. The molecular formula is C9H11Br2NO2S. The number of esters is 1. The lowest BCUT2D eigenvalue weighted by Gasteiger charge is -2.07. The second kappa shape index (κ2) is 5.98. The third kappa shape index (κ3) is 3.86. The molecule has 0 fully saturated rings. The Morgan fingerprint density at radius 3 is 2.80 bits per heavy atom. The van der Waals surface area contributed by atoms with Gasteiger partial charge in [-0.3, -0.25) is 4.79 Å². The first-order chi connectivity index (χ1) is 7.04. The molecule has 6 heteroatoms. The van der Waals surface area contributed by atoms with Crippen LogP contribution in [0, 0.1) is 0 Å². The number of nitrogens with two attached hydrogens (primary N) is 1. The number of carbonyl (C=O) groups is 1. The van der Waals surface area contributed by atoms with E-state index in [4.69, 9.17) is 5.73 Å². The summed E-state index contributed by atoms with van der Waals surface area (Å²) in [5.74, 6) is -0.222. The second-order valence-electron chi connectivity index (χ2n) is 2.99. The fourth-order valence-electron chi connectivity index (χ4n) is 1.06. The van der Waals surface area contributed by atoms with Crippen molar-refractivity contribution in [3.63, 3.8) is 0 Å². The van der Waals surface area contributed by atoms with Crippen molar-refractivity contribution < 1.29 is 9.53 Å². The molecule has 0 spiro atoms. The number of methoxy groups -OCH3 is 1. The Morgan fingerprint density at radius 2 is 2.33 bits per heavy atom. The van der Waals surface area contributed by atoms with E-state index >= 15 is 0 Å². The molecule has 2 N–H and O–H groups in total. The van der Waals surface area contributed by atoms with E-state index in [0.29, 0.717) is 12.8 Å². The van der Waals surface area contributed by atoms with Crippen LogP contribution in [0.5, 0.6) is 0 Å². The molecule has 0 aliphatic rings. The van der Waals surface area contributed by atoms with E-state index in [1.54, 1.807) is 11.3 Å². The van der Waals surface area contributed by atoms with E-state index in [9.17, 15) is 4.79 Å². The van der Waals surface area contributed by atoms with Gasteiger partial charge >= 0.3 is 5.97 Å². The van der Waals surface area contributed by atoms with E-state index < -0.39 is 0 Å². The molecule has 1 atom stereocenters. The average Bonchev–Trinajstić information content (AvgIpc) is 2.55. The maximum atomic E-state index is 10.9. The summed E-state index contributed by atoms with van der Waals surface area (Å²) in [4.78, 5) is 12.0. The number of carbonyl (C=O) groups excluding carboxylic acids is 1. The number of thiophene rings is 1. The van der Waals surface area contributed by atoms with E-state index in [2.05, 4.69) is 36.6 Å². The van der Waals surface area contributed by atoms with E-state index in [0.717, 1.165) is 13.1 Å². The quantitative estimate of drug-likeness (QED) is 0.842. The molecule has 1 rings (SSSR count). The van der Waals surface area contributed by atoms with Gasteiger partial charge in [0.05, 0.1) is 10.9 Å². The zero-order chi connectivity index (χ0) is 11.4. The van der Waals surface area contributed by atoms with Crippen LogP contribution in [-0.2, 0) is 9.53 Å². The molecule has 0 aliphatic carbocycles. The van der Waals surface area contributed by atoms with Crippen LogP contribution >= 0.6 is 43.2 Å². The minimum atomic E-state index is -0.222. The molecule has 15 heavy (non-hydrogen) atoms. The molecule has 0 amide bonds. The number of hydrogen-bond donors (Lipinski definition) is 1. The molecule has 0 saturated heterocycles. The topological polar surface area (TPSA) is 52.3 Å². The monoisotopic (exact) mass is 355 g/mol. The van der Waals surface area contributed by atoms with Crippen molar-refractivity contribution in [2.45, 2.75) is 18.9 Å². The van der Waals surface area contributed by atoms with Gasteiger partial charge < -0.3 is 10.5 Å². The molecule has 1 heterocycles. The molecule has 0 saturated carbocycles. The fraction of sp³-hybridized carbons (Fsp3) is 0.444. The molecule has 0 aromatic carbocycles. The first-order valence-electron chi connectivity index (χ1n) is 4.31. The van der Waals surface area contributed by atoms with Gasteiger partial charge in [0, 0.05) is 21.8 Å². The SMILES string of the molecule is COC(=O)CCC(N)c1cc(Br)c(Br)s1. The summed E-state index contributed by atoms with van der Waals surface area (Å²) in [6.07, 6.45) is 0.955. The summed E-state index contributed by atoms with van der Waals surface area (Å²) >= 11 is 8.37. The van der Waals surface area contributed by atoms with Gasteiger partial charge in [-0.05, 0) is 44.3 Å². The Bertz CT molecular complexity index is 334. The van der Waals surface area contributed by atoms with Gasteiger partial charge in [-0.25, -0.2) is 0 Å². The lowest BCUT2D eigenvalue weighted by atomic mass is 10.1. The Labute approximate surface area is 109 Å². The minimum Gasteiger partial charge on any atom is -0.469 e. The average molecular weight is 357 g/mol. The summed E-state index contributed by atoms with van der Waals surface area (Å²) in [5, 5.41) is 0. The lowest BCUT2D eigenvalue weighted by Crippen LogP contribution is -2.11. The van der Waals surface area contributed by atoms with Crippen LogP contribution in [0.15, 0.2) is 14.3 Å². The first-order valence-corrected chi connectivity index (χ1v) is 6.72. The molecule has 1 aromatic rings. The highest BCUT2D eigenvalue weighted by atomic mass is 79.9. The molecule has 84 valence electrons. The van der Waals surface area contributed by atoms with Gasteiger partial charge in [0.25, 0.3) is 0 Å². The normalized spacial score (nSPS) is 12.5. The van der Waals surface area contributed by atoms with Crippen LogP contribution in [-0.4, -0.2) is 13.1 Å². The van der Waals surface area contributed by atoms with Crippen molar-refractivity contribution in [3.05, 3.63) is 19.2 Å². The van der Waals surface area contributed by atoms with Crippen LogP contribution in [0.1, 0.15) is 23.8 Å². The van der Waals surface area contributed by atoms with Crippen molar-refractivity contribution in [2.75, 3.05) is 7.11 Å². The van der Waals surface area contributed by atoms with Crippen molar-refractivity contribution in [1.82, 2.24) is 0 Å². The second-order valence-corrected chi connectivity index (χ2v) is 6.25. The predicted molar refractivity (Wildman–Crippen MR) is 67.9 cm³/mol. The number of rotatable bonds is 4. The van der Waals surface area contributed by atoms with Crippen LogP contribution < -0.4 is 5.73 Å². The van der Waals surface area contributed by atoms with Crippen LogP contribution in [0.2, 0.25) is 0 Å². The van der Waals surface area contributed by atoms with Crippen molar-refractivity contribution >= 4 is 49.2 Å².